The van der Waals surface area contributed by atoms with E-state index < -0.39 is 15.8 Å². The summed E-state index contributed by atoms with van der Waals surface area (Å²) in [6.07, 6.45) is 1.18. The molecule has 0 aliphatic rings. The van der Waals surface area contributed by atoms with E-state index in [4.69, 9.17) is 4.74 Å². The lowest BCUT2D eigenvalue weighted by Crippen LogP contribution is -2.09. The van der Waals surface area contributed by atoms with Gasteiger partial charge in [0.2, 0.25) is 0 Å². The molecular formula is C18H20O4S. The maximum absolute atomic E-state index is 12.1. The molecule has 0 bridgehead atoms. The number of benzene rings is 2. The van der Waals surface area contributed by atoms with Crippen LogP contribution in [0.3, 0.4) is 0 Å². The third-order valence-electron chi connectivity index (χ3n) is 3.38. The van der Waals surface area contributed by atoms with E-state index >= 15 is 0 Å². The van der Waals surface area contributed by atoms with E-state index in [-0.39, 0.29) is 5.75 Å². The molecule has 0 aliphatic carbocycles. The molecule has 0 aromatic heterocycles. The zero-order valence-electron chi connectivity index (χ0n) is 13.4. The van der Waals surface area contributed by atoms with Crippen LogP contribution >= 0.6 is 0 Å². The Morgan fingerprint density at radius 3 is 2.04 bits per heavy atom. The molecular weight excluding hydrogens is 312 g/mol. The fourth-order valence-corrected chi connectivity index (χ4v) is 2.92. The van der Waals surface area contributed by atoms with Crippen LogP contribution in [-0.2, 0) is 15.6 Å². The number of esters is 1. The first kappa shape index (κ1) is 17.2. The molecule has 0 fully saturated rings. The lowest BCUT2D eigenvalue weighted by molar-refractivity contribution is 0.0734. The lowest BCUT2D eigenvalue weighted by Gasteiger charge is -2.08. The van der Waals surface area contributed by atoms with Crippen LogP contribution in [0, 0.1) is 0 Å². The summed E-state index contributed by atoms with van der Waals surface area (Å²) in [4.78, 5) is 12.1. The molecule has 23 heavy (non-hydrogen) atoms. The van der Waals surface area contributed by atoms with Gasteiger partial charge in [0, 0.05) is 6.26 Å². The normalized spacial score (nSPS) is 11.5. The second kappa shape index (κ2) is 6.96. The molecule has 0 unspecified atom stereocenters. The number of hydrogen-bond donors (Lipinski definition) is 0. The predicted molar refractivity (Wildman–Crippen MR) is 90.5 cm³/mol. The van der Waals surface area contributed by atoms with Gasteiger partial charge in [-0.2, -0.15) is 0 Å². The van der Waals surface area contributed by atoms with Crippen molar-refractivity contribution in [2.24, 2.45) is 0 Å². The summed E-state index contributed by atoms with van der Waals surface area (Å²) in [6.45, 7) is 4.19. The predicted octanol–water partition coefficient (Wildman–Crippen LogP) is 3.57. The van der Waals surface area contributed by atoms with Gasteiger partial charge in [0.15, 0.2) is 9.84 Å². The topological polar surface area (TPSA) is 60.4 Å². The Bertz CT molecular complexity index is 773. The van der Waals surface area contributed by atoms with Crippen LogP contribution in [0.1, 0.15) is 41.3 Å². The second-order valence-corrected chi connectivity index (χ2v) is 8.02. The minimum absolute atomic E-state index is 0.0427. The van der Waals surface area contributed by atoms with Crippen molar-refractivity contribution in [2.45, 2.75) is 25.5 Å². The van der Waals surface area contributed by atoms with Crippen LogP contribution < -0.4 is 4.74 Å². The van der Waals surface area contributed by atoms with Gasteiger partial charge in [-0.05, 0) is 41.3 Å². The molecule has 0 heterocycles. The molecule has 122 valence electrons. The number of hydrogen-bond acceptors (Lipinski definition) is 4. The molecule has 0 amide bonds. The van der Waals surface area contributed by atoms with Crippen LogP contribution in [-0.4, -0.2) is 20.6 Å². The van der Waals surface area contributed by atoms with Gasteiger partial charge in [0.1, 0.15) is 5.75 Å². The van der Waals surface area contributed by atoms with Gasteiger partial charge in [-0.1, -0.05) is 38.1 Å². The third kappa shape index (κ3) is 5.21. The number of carbonyl (C=O) groups excluding carboxylic acids is 1. The highest BCUT2D eigenvalue weighted by atomic mass is 32.2. The molecule has 2 aromatic rings. The zero-order valence-corrected chi connectivity index (χ0v) is 14.3. The smallest absolute Gasteiger partial charge is 0.343 e. The van der Waals surface area contributed by atoms with Crippen molar-refractivity contribution in [1.82, 2.24) is 0 Å². The first-order valence-corrected chi connectivity index (χ1v) is 9.39. The summed E-state index contributed by atoms with van der Waals surface area (Å²) in [5.74, 6) is 0.397. The zero-order chi connectivity index (χ0) is 17.0. The van der Waals surface area contributed by atoms with Gasteiger partial charge in [-0.15, -0.1) is 0 Å². The van der Waals surface area contributed by atoms with Gasteiger partial charge in [-0.25, -0.2) is 13.2 Å². The van der Waals surface area contributed by atoms with E-state index in [0.717, 1.165) is 0 Å². The molecule has 0 atom stereocenters. The molecule has 0 N–H and O–H groups in total. The summed E-state index contributed by atoms with van der Waals surface area (Å²) in [6, 6.07) is 13.8. The molecule has 0 aliphatic heterocycles. The van der Waals surface area contributed by atoms with Crippen molar-refractivity contribution >= 4 is 15.8 Å². The van der Waals surface area contributed by atoms with Gasteiger partial charge >= 0.3 is 5.97 Å². The first-order chi connectivity index (χ1) is 10.7. The van der Waals surface area contributed by atoms with E-state index in [9.17, 15) is 13.2 Å². The van der Waals surface area contributed by atoms with Gasteiger partial charge < -0.3 is 4.74 Å². The van der Waals surface area contributed by atoms with Crippen molar-refractivity contribution < 1.29 is 17.9 Å². The van der Waals surface area contributed by atoms with Crippen molar-refractivity contribution in [3.05, 3.63) is 65.2 Å². The Morgan fingerprint density at radius 2 is 1.57 bits per heavy atom. The molecule has 2 aromatic carbocycles. The second-order valence-electron chi connectivity index (χ2n) is 5.88. The summed E-state index contributed by atoms with van der Waals surface area (Å²) in [5.41, 5.74) is 2.20. The van der Waals surface area contributed by atoms with Crippen LogP contribution in [0.15, 0.2) is 48.5 Å². The highest BCUT2D eigenvalue weighted by Gasteiger charge is 2.10. The number of sulfone groups is 1. The van der Waals surface area contributed by atoms with E-state index in [1.807, 2.05) is 12.1 Å². The molecule has 0 saturated carbocycles. The molecule has 2 rings (SSSR count). The highest BCUT2D eigenvalue weighted by molar-refractivity contribution is 7.89. The Balaban J connectivity index is 2.05. The average molecular weight is 332 g/mol. The lowest BCUT2D eigenvalue weighted by atomic mass is 10.0. The van der Waals surface area contributed by atoms with Crippen LogP contribution in [0.4, 0.5) is 0 Å². The number of carbonyl (C=O) groups is 1. The van der Waals surface area contributed by atoms with Crippen molar-refractivity contribution in [2.75, 3.05) is 6.26 Å². The molecule has 0 saturated heterocycles. The van der Waals surface area contributed by atoms with Crippen molar-refractivity contribution in [3.63, 3.8) is 0 Å². The fourth-order valence-electron chi connectivity index (χ4n) is 2.13. The summed E-state index contributed by atoms with van der Waals surface area (Å²) in [7, 11) is -3.09. The minimum atomic E-state index is -3.09. The largest absolute Gasteiger partial charge is 0.423 e. The molecule has 5 heteroatoms. The number of rotatable bonds is 5. The Hall–Kier alpha value is -2.14. The minimum Gasteiger partial charge on any atom is -0.423 e. The van der Waals surface area contributed by atoms with Gasteiger partial charge in [-0.3, -0.25) is 0 Å². The third-order valence-corrected chi connectivity index (χ3v) is 4.23. The molecule has 0 spiro atoms. The van der Waals surface area contributed by atoms with E-state index in [1.54, 1.807) is 36.4 Å². The van der Waals surface area contributed by atoms with Crippen LogP contribution in [0.5, 0.6) is 5.75 Å². The quantitative estimate of drug-likeness (QED) is 0.620. The van der Waals surface area contributed by atoms with E-state index in [1.165, 1.54) is 11.8 Å². The molecule has 0 radical (unpaired) electrons. The van der Waals surface area contributed by atoms with Crippen LogP contribution in [0.25, 0.3) is 0 Å². The summed E-state index contributed by atoms with van der Waals surface area (Å²) < 4.78 is 27.8. The highest BCUT2D eigenvalue weighted by Crippen LogP contribution is 2.19. The Morgan fingerprint density at radius 1 is 1.00 bits per heavy atom. The van der Waals surface area contributed by atoms with Crippen molar-refractivity contribution in [1.29, 1.82) is 0 Å². The summed E-state index contributed by atoms with van der Waals surface area (Å²) >= 11 is 0. The van der Waals surface area contributed by atoms with E-state index in [2.05, 4.69) is 13.8 Å². The SMILES string of the molecule is CC(C)c1ccc(OC(=O)c2ccc(CS(C)(=O)=O)cc2)cc1. The van der Waals surface area contributed by atoms with Crippen LogP contribution in [0.2, 0.25) is 0 Å². The van der Waals surface area contributed by atoms with E-state index in [0.29, 0.717) is 22.8 Å². The monoisotopic (exact) mass is 332 g/mol. The van der Waals surface area contributed by atoms with Gasteiger partial charge in [0.25, 0.3) is 0 Å². The first-order valence-electron chi connectivity index (χ1n) is 7.33. The fraction of sp³-hybridized carbons (Fsp3) is 0.278. The maximum atomic E-state index is 12.1. The standard InChI is InChI=1S/C18H20O4S/c1-13(2)15-8-10-17(11-9-15)22-18(19)16-6-4-14(5-7-16)12-23(3,20)21/h4-11,13H,12H2,1-3H3. The Labute approximate surface area is 137 Å². The van der Waals surface area contributed by atoms with Gasteiger partial charge in [0.05, 0.1) is 11.3 Å². The average Bonchev–Trinajstić information content (AvgIpc) is 2.46. The summed E-state index contributed by atoms with van der Waals surface area (Å²) in [5, 5.41) is 0. The number of ether oxygens (including phenoxy) is 1. The molecule has 4 nitrogen and oxygen atoms in total. The Kier molecular flexibility index (Phi) is 5.21. The van der Waals surface area contributed by atoms with Crippen molar-refractivity contribution in [3.8, 4) is 5.75 Å². The maximum Gasteiger partial charge on any atom is 0.343 e.